The Balaban J connectivity index is 1.96. The van der Waals surface area contributed by atoms with Crippen LogP contribution < -0.4 is 10.1 Å². The monoisotopic (exact) mass is 233 g/mol. The van der Waals surface area contributed by atoms with Crippen LogP contribution in [0.1, 0.15) is 18.5 Å². The number of hydrogen-bond acceptors (Lipinski definition) is 3. The molecular weight excluding hydrogens is 218 g/mol. The summed E-state index contributed by atoms with van der Waals surface area (Å²) in [6, 6.07) is 8.02. The van der Waals surface area contributed by atoms with Crippen LogP contribution in [-0.2, 0) is 4.79 Å². The second-order valence-corrected chi connectivity index (χ2v) is 4.11. The molecule has 1 heterocycles. The summed E-state index contributed by atoms with van der Waals surface area (Å²) in [6.07, 6.45) is 1.22. The van der Waals surface area contributed by atoms with Gasteiger partial charge in [-0.05, 0) is 13.0 Å². The fraction of sp³-hybridized carbons (Fsp3) is 0.308. The first-order valence-electron chi connectivity index (χ1n) is 5.52. The van der Waals surface area contributed by atoms with Crippen molar-refractivity contribution in [2.75, 3.05) is 13.2 Å². The van der Waals surface area contributed by atoms with Gasteiger partial charge in [0, 0.05) is 18.2 Å². The molecule has 1 aromatic carbocycles. The predicted molar refractivity (Wildman–Crippen MR) is 64.1 cm³/mol. The Morgan fingerprint density at radius 2 is 2.35 bits per heavy atom. The Hall–Kier alpha value is -1.81. The third-order valence-corrected chi connectivity index (χ3v) is 2.70. The molecule has 4 heteroatoms. The van der Waals surface area contributed by atoms with Crippen LogP contribution in [0.2, 0.25) is 0 Å². The molecule has 1 aliphatic heterocycles. The molecule has 1 aromatic rings. The SMILES string of the molecule is C/C(=C/C(=O)O)CNC1COc2ccccc21. The number of para-hydroxylation sites is 1. The topological polar surface area (TPSA) is 58.6 Å². The van der Waals surface area contributed by atoms with Crippen LogP contribution in [-0.4, -0.2) is 24.2 Å². The third-order valence-electron chi connectivity index (χ3n) is 2.70. The highest BCUT2D eigenvalue weighted by molar-refractivity contribution is 5.80. The van der Waals surface area contributed by atoms with E-state index in [1.165, 1.54) is 6.08 Å². The highest BCUT2D eigenvalue weighted by Crippen LogP contribution is 2.31. The first kappa shape index (κ1) is 11.7. The molecule has 0 radical (unpaired) electrons. The highest BCUT2D eigenvalue weighted by Gasteiger charge is 2.22. The van der Waals surface area contributed by atoms with Gasteiger partial charge in [-0.25, -0.2) is 4.79 Å². The number of nitrogens with one attached hydrogen (secondary N) is 1. The Bertz CT molecular complexity index is 454. The van der Waals surface area contributed by atoms with Gasteiger partial charge in [-0.15, -0.1) is 0 Å². The van der Waals surface area contributed by atoms with Crippen LogP contribution in [0.3, 0.4) is 0 Å². The number of carboxylic acid groups (broad SMARTS) is 1. The summed E-state index contributed by atoms with van der Waals surface area (Å²) >= 11 is 0. The first-order valence-corrected chi connectivity index (χ1v) is 5.52. The van der Waals surface area contributed by atoms with Crippen molar-refractivity contribution in [3.63, 3.8) is 0 Å². The summed E-state index contributed by atoms with van der Waals surface area (Å²) in [5, 5.41) is 11.9. The molecule has 17 heavy (non-hydrogen) atoms. The van der Waals surface area contributed by atoms with E-state index in [0.717, 1.165) is 16.9 Å². The molecule has 2 N–H and O–H groups in total. The quantitative estimate of drug-likeness (QED) is 0.778. The van der Waals surface area contributed by atoms with E-state index in [1.807, 2.05) is 24.3 Å². The Morgan fingerprint density at radius 3 is 3.12 bits per heavy atom. The van der Waals surface area contributed by atoms with Crippen molar-refractivity contribution < 1.29 is 14.6 Å². The van der Waals surface area contributed by atoms with Crippen LogP contribution >= 0.6 is 0 Å². The standard InChI is InChI=1S/C13H15NO3/c1-9(6-13(15)16)7-14-11-8-17-12-5-3-2-4-10(11)12/h2-6,11,14H,7-8H2,1H3,(H,15,16)/b9-6-. The number of carbonyl (C=O) groups is 1. The lowest BCUT2D eigenvalue weighted by molar-refractivity contribution is -0.131. The number of benzene rings is 1. The maximum atomic E-state index is 10.5. The second kappa shape index (κ2) is 5.01. The molecule has 0 bridgehead atoms. The molecule has 1 unspecified atom stereocenters. The van der Waals surface area contributed by atoms with Crippen LogP contribution in [0, 0.1) is 0 Å². The average molecular weight is 233 g/mol. The van der Waals surface area contributed by atoms with Gasteiger partial charge in [0.05, 0.1) is 6.04 Å². The van der Waals surface area contributed by atoms with Crippen molar-refractivity contribution in [1.29, 1.82) is 0 Å². The fourth-order valence-corrected chi connectivity index (χ4v) is 1.88. The van der Waals surface area contributed by atoms with Crippen LogP contribution in [0.4, 0.5) is 0 Å². The zero-order chi connectivity index (χ0) is 12.3. The highest BCUT2D eigenvalue weighted by atomic mass is 16.5. The van der Waals surface area contributed by atoms with Crippen LogP contribution in [0.25, 0.3) is 0 Å². The Labute approximate surface area is 99.9 Å². The van der Waals surface area contributed by atoms with Gasteiger partial charge in [0.15, 0.2) is 0 Å². The van der Waals surface area contributed by atoms with Crippen molar-refractivity contribution in [1.82, 2.24) is 5.32 Å². The van der Waals surface area contributed by atoms with Gasteiger partial charge in [0.25, 0.3) is 0 Å². The van der Waals surface area contributed by atoms with Crippen molar-refractivity contribution in [3.8, 4) is 5.75 Å². The maximum Gasteiger partial charge on any atom is 0.328 e. The minimum atomic E-state index is -0.910. The van der Waals surface area contributed by atoms with E-state index in [4.69, 9.17) is 9.84 Å². The Kier molecular flexibility index (Phi) is 3.44. The molecule has 0 spiro atoms. The van der Waals surface area contributed by atoms with Crippen molar-refractivity contribution >= 4 is 5.97 Å². The van der Waals surface area contributed by atoms with E-state index in [0.29, 0.717) is 13.2 Å². The molecule has 1 aliphatic rings. The second-order valence-electron chi connectivity index (χ2n) is 4.11. The molecule has 90 valence electrons. The number of carboxylic acids is 1. The molecule has 0 fully saturated rings. The largest absolute Gasteiger partial charge is 0.491 e. The van der Waals surface area contributed by atoms with Gasteiger partial charge in [-0.2, -0.15) is 0 Å². The van der Waals surface area contributed by atoms with Crippen molar-refractivity contribution in [2.45, 2.75) is 13.0 Å². The normalized spacial score (nSPS) is 18.6. The average Bonchev–Trinajstić information content (AvgIpc) is 2.69. The lowest BCUT2D eigenvalue weighted by atomic mass is 10.1. The summed E-state index contributed by atoms with van der Waals surface area (Å²) in [6.45, 7) is 2.94. The van der Waals surface area contributed by atoms with Gasteiger partial charge in [-0.3, -0.25) is 0 Å². The molecule has 1 atom stereocenters. The van der Waals surface area contributed by atoms with Gasteiger partial charge in [0.2, 0.25) is 0 Å². The smallest absolute Gasteiger partial charge is 0.328 e. The zero-order valence-corrected chi connectivity index (χ0v) is 9.64. The number of ether oxygens (including phenoxy) is 1. The molecule has 4 nitrogen and oxygen atoms in total. The number of rotatable bonds is 4. The molecular formula is C13H15NO3. The van der Waals surface area contributed by atoms with E-state index in [1.54, 1.807) is 6.92 Å². The molecule has 0 aromatic heterocycles. The number of aliphatic carboxylic acids is 1. The fourth-order valence-electron chi connectivity index (χ4n) is 1.88. The van der Waals surface area contributed by atoms with Crippen LogP contribution in [0.15, 0.2) is 35.9 Å². The summed E-state index contributed by atoms with van der Waals surface area (Å²) in [5.74, 6) is -0.00256. The van der Waals surface area contributed by atoms with Gasteiger partial charge in [0.1, 0.15) is 12.4 Å². The predicted octanol–water partition coefficient (Wildman–Crippen LogP) is 1.74. The number of fused-ring (bicyclic) bond motifs is 1. The van der Waals surface area contributed by atoms with Crippen LogP contribution in [0.5, 0.6) is 5.75 Å². The third kappa shape index (κ3) is 2.85. The summed E-state index contributed by atoms with van der Waals surface area (Å²) in [4.78, 5) is 10.5. The maximum absolute atomic E-state index is 10.5. The molecule has 0 saturated heterocycles. The zero-order valence-electron chi connectivity index (χ0n) is 9.64. The molecule has 0 saturated carbocycles. The first-order chi connectivity index (χ1) is 8.16. The van der Waals surface area contributed by atoms with Crippen molar-refractivity contribution in [2.24, 2.45) is 0 Å². The van der Waals surface area contributed by atoms with Gasteiger partial charge in [-0.1, -0.05) is 23.8 Å². The molecule has 0 aliphatic carbocycles. The van der Waals surface area contributed by atoms with E-state index in [-0.39, 0.29) is 6.04 Å². The van der Waals surface area contributed by atoms with Gasteiger partial charge < -0.3 is 15.2 Å². The minimum absolute atomic E-state index is 0.142. The van der Waals surface area contributed by atoms with E-state index >= 15 is 0 Å². The van der Waals surface area contributed by atoms with Crippen molar-refractivity contribution in [3.05, 3.63) is 41.5 Å². The van der Waals surface area contributed by atoms with E-state index in [2.05, 4.69) is 5.32 Å². The van der Waals surface area contributed by atoms with Gasteiger partial charge >= 0.3 is 5.97 Å². The van der Waals surface area contributed by atoms with E-state index in [9.17, 15) is 4.79 Å². The lowest BCUT2D eigenvalue weighted by Crippen LogP contribution is -2.24. The summed E-state index contributed by atoms with van der Waals surface area (Å²) < 4.78 is 5.53. The minimum Gasteiger partial charge on any atom is -0.491 e. The summed E-state index contributed by atoms with van der Waals surface area (Å²) in [5.41, 5.74) is 1.93. The van der Waals surface area contributed by atoms with E-state index < -0.39 is 5.97 Å². The number of hydrogen-bond donors (Lipinski definition) is 2. The Morgan fingerprint density at radius 1 is 1.59 bits per heavy atom. The molecule has 2 rings (SSSR count). The molecule has 0 amide bonds. The summed E-state index contributed by atoms with van der Waals surface area (Å²) in [7, 11) is 0. The lowest BCUT2D eigenvalue weighted by Gasteiger charge is -2.11.